The first-order valence-electron chi connectivity index (χ1n) is 8.11. The van der Waals surface area contributed by atoms with Crippen molar-refractivity contribution in [2.75, 3.05) is 0 Å². The van der Waals surface area contributed by atoms with Crippen LogP contribution in [0.3, 0.4) is 0 Å². The molecule has 0 aliphatic heterocycles. The third-order valence-corrected chi connectivity index (χ3v) is 7.47. The zero-order chi connectivity index (χ0) is 13.8. The molecule has 4 fully saturated rings. The number of aromatic nitrogens is 1. The Balaban J connectivity index is 1.58. The number of nitrogens with zero attached hydrogens (tertiary/aromatic N) is 1. The Bertz CT molecular complexity index is 483. The van der Waals surface area contributed by atoms with E-state index in [0.717, 1.165) is 18.3 Å². The monoisotopic (exact) mass is 333 g/mol. The highest BCUT2D eigenvalue weighted by atomic mass is 79.9. The minimum Gasteiger partial charge on any atom is -0.261 e. The van der Waals surface area contributed by atoms with Crippen molar-refractivity contribution in [3.63, 3.8) is 0 Å². The van der Waals surface area contributed by atoms with Crippen molar-refractivity contribution in [3.8, 4) is 0 Å². The topological polar surface area (TPSA) is 12.9 Å². The molecular formula is C18H24BrN. The smallest absolute Gasteiger partial charge is 0.0414 e. The number of hydrogen-bond donors (Lipinski definition) is 0. The zero-order valence-electron chi connectivity index (χ0n) is 12.3. The van der Waals surface area contributed by atoms with Gasteiger partial charge in [-0.3, -0.25) is 4.98 Å². The van der Waals surface area contributed by atoms with Crippen molar-refractivity contribution in [2.24, 2.45) is 22.7 Å². The first kappa shape index (κ1) is 13.3. The largest absolute Gasteiger partial charge is 0.261 e. The summed E-state index contributed by atoms with van der Waals surface area (Å²) >= 11 is 4.09. The molecule has 2 heteroatoms. The Morgan fingerprint density at radius 1 is 1.25 bits per heavy atom. The van der Waals surface area contributed by atoms with Gasteiger partial charge in [0.15, 0.2) is 0 Å². The van der Waals surface area contributed by atoms with Crippen LogP contribution >= 0.6 is 15.9 Å². The Labute approximate surface area is 130 Å². The summed E-state index contributed by atoms with van der Waals surface area (Å²) in [5.74, 6) is 2.01. The fourth-order valence-corrected chi connectivity index (χ4v) is 6.95. The molecule has 5 rings (SSSR count). The van der Waals surface area contributed by atoms with Crippen LogP contribution in [0.25, 0.3) is 0 Å². The van der Waals surface area contributed by atoms with Crippen LogP contribution in [0.4, 0.5) is 0 Å². The summed E-state index contributed by atoms with van der Waals surface area (Å²) in [7, 11) is 0. The highest BCUT2D eigenvalue weighted by Crippen LogP contribution is 2.67. The molecule has 0 aromatic carbocycles. The number of rotatable bonds is 3. The van der Waals surface area contributed by atoms with Gasteiger partial charge in [0.25, 0.3) is 0 Å². The van der Waals surface area contributed by atoms with E-state index in [0.29, 0.717) is 15.7 Å². The maximum absolute atomic E-state index is 4.53. The maximum atomic E-state index is 4.53. The molecule has 1 nitrogen and oxygen atoms in total. The molecule has 0 spiro atoms. The van der Waals surface area contributed by atoms with Crippen molar-refractivity contribution in [1.29, 1.82) is 0 Å². The number of pyridine rings is 1. The Morgan fingerprint density at radius 2 is 2.00 bits per heavy atom. The van der Waals surface area contributed by atoms with E-state index in [4.69, 9.17) is 0 Å². The molecule has 0 saturated heterocycles. The van der Waals surface area contributed by atoms with Crippen LogP contribution in [-0.2, 0) is 6.42 Å². The second kappa shape index (κ2) is 4.56. The molecule has 108 valence electrons. The summed E-state index contributed by atoms with van der Waals surface area (Å²) in [5.41, 5.74) is 2.44. The van der Waals surface area contributed by atoms with Crippen molar-refractivity contribution in [2.45, 2.75) is 56.7 Å². The molecule has 1 heterocycles. The minimum absolute atomic E-state index is 0.552. The van der Waals surface area contributed by atoms with Crippen LogP contribution < -0.4 is 0 Å². The van der Waals surface area contributed by atoms with E-state index in [1.807, 2.05) is 12.3 Å². The second-order valence-corrected chi connectivity index (χ2v) is 9.23. The van der Waals surface area contributed by atoms with Gasteiger partial charge >= 0.3 is 0 Å². The van der Waals surface area contributed by atoms with Crippen LogP contribution in [0.15, 0.2) is 24.4 Å². The second-order valence-electron chi connectivity index (χ2n) is 8.13. The lowest BCUT2D eigenvalue weighted by molar-refractivity contribution is -0.101. The molecule has 0 amide bonds. The minimum atomic E-state index is 0.552. The number of halogens is 1. The van der Waals surface area contributed by atoms with Crippen LogP contribution in [0.2, 0.25) is 0 Å². The van der Waals surface area contributed by atoms with Crippen molar-refractivity contribution in [1.82, 2.24) is 4.98 Å². The Kier molecular flexibility index (Phi) is 3.03. The molecule has 3 unspecified atom stereocenters. The maximum Gasteiger partial charge on any atom is 0.0414 e. The van der Waals surface area contributed by atoms with E-state index in [-0.39, 0.29) is 0 Å². The predicted octanol–water partition coefficient (Wildman–Crippen LogP) is 4.99. The van der Waals surface area contributed by atoms with Gasteiger partial charge in [-0.1, -0.05) is 28.9 Å². The van der Waals surface area contributed by atoms with Gasteiger partial charge in [0.1, 0.15) is 0 Å². The molecule has 20 heavy (non-hydrogen) atoms. The average Bonchev–Trinajstić information content (AvgIpc) is 2.37. The summed E-state index contributed by atoms with van der Waals surface area (Å²) in [6.45, 7) is 2.56. The van der Waals surface area contributed by atoms with Gasteiger partial charge in [0, 0.05) is 23.1 Å². The van der Waals surface area contributed by atoms with Crippen LogP contribution in [0, 0.1) is 22.7 Å². The molecule has 4 aliphatic carbocycles. The third-order valence-electron chi connectivity index (χ3n) is 6.18. The van der Waals surface area contributed by atoms with Gasteiger partial charge in [-0.05, 0) is 73.3 Å². The highest BCUT2D eigenvalue weighted by Gasteiger charge is 2.57. The van der Waals surface area contributed by atoms with E-state index in [1.165, 1.54) is 44.2 Å². The summed E-state index contributed by atoms with van der Waals surface area (Å²) in [6.07, 6.45) is 11.9. The van der Waals surface area contributed by atoms with Gasteiger partial charge < -0.3 is 0 Å². The van der Waals surface area contributed by atoms with Crippen LogP contribution in [0.5, 0.6) is 0 Å². The van der Waals surface area contributed by atoms with Crippen LogP contribution in [0.1, 0.15) is 51.1 Å². The summed E-state index contributed by atoms with van der Waals surface area (Å²) < 4.78 is 0. The lowest BCUT2D eigenvalue weighted by Crippen LogP contribution is -2.54. The predicted molar refractivity (Wildman–Crippen MR) is 85.9 cm³/mol. The zero-order valence-corrected chi connectivity index (χ0v) is 13.9. The van der Waals surface area contributed by atoms with E-state index in [9.17, 15) is 0 Å². The van der Waals surface area contributed by atoms with E-state index >= 15 is 0 Å². The first-order valence-corrected chi connectivity index (χ1v) is 9.03. The van der Waals surface area contributed by atoms with Crippen molar-refractivity contribution >= 4 is 15.9 Å². The van der Waals surface area contributed by atoms with E-state index < -0.39 is 0 Å². The van der Waals surface area contributed by atoms with Crippen molar-refractivity contribution < 1.29 is 0 Å². The van der Waals surface area contributed by atoms with Gasteiger partial charge in [0.2, 0.25) is 0 Å². The Hall–Kier alpha value is -0.370. The summed E-state index contributed by atoms with van der Waals surface area (Å²) in [5, 5.41) is 0. The highest BCUT2D eigenvalue weighted by molar-refractivity contribution is 9.09. The van der Waals surface area contributed by atoms with E-state index in [2.05, 4.69) is 40.0 Å². The Morgan fingerprint density at radius 3 is 2.60 bits per heavy atom. The SMILES string of the molecule is CC12CC3CC(C1)CC(C(Br)Cc1ccccn1)(C3)C2. The quantitative estimate of drug-likeness (QED) is 0.709. The lowest BCUT2D eigenvalue weighted by atomic mass is 9.44. The lowest BCUT2D eigenvalue weighted by Gasteiger charge is -2.63. The molecule has 1 aromatic heterocycles. The standard InChI is InChI=1S/C18H24BrN/c1-17-8-13-6-14(9-17)11-18(10-13,12-17)16(19)7-15-4-2-3-5-20-15/h2-5,13-14,16H,6-12H2,1H3. The molecule has 0 N–H and O–H groups in total. The normalized spacial score (nSPS) is 43.7. The molecule has 0 radical (unpaired) electrons. The average molecular weight is 334 g/mol. The molecule has 4 saturated carbocycles. The first-order chi connectivity index (χ1) is 9.57. The fraction of sp³-hybridized carbons (Fsp3) is 0.722. The fourth-order valence-electron chi connectivity index (χ4n) is 6.08. The summed E-state index contributed by atoms with van der Waals surface area (Å²) in [6, 6.07) is 6.30. The van der Waals surface area contributed by atoms with Gasteiger partial charge in [0.05, 0.1) is 0 Å². The number of alkyl halides is 1. The third kappa shape index (κ3) is 2.15. The van der Waals surface area contributed by atoms with E-state index in [1.54, 1.807) is 0 Å². The van der Waals surface area contributed by atoms with Crippen LogP contribution in [-0.4, -0.2) is 9.81 Å². The molecule has 4 bridgehead atoms. The molecule has 3 atom stereocenters. The number of hydrogen-bond acceptors (Lipinski definition) is 1. The van der Waals surface area contributed by atoms with Gasteiger partial charge in [-0.25, -0.2) is 0 Å². The molecule has 4 aliphatic rings. The van der Waals surface area contributed by atoms with Gasteiger partial charge in [-0.2, -0.15) is 0 Å². The summed E-state index contributed by atoms with van der Waals surface area (Å²) in [4.78, 5) is 5.14. The molecular weight excluding hydrogens is 310 g/mol. The van der Waals surface area contributed by atoms with Gasteiger partial charge in [-0.15, -0.1) is 0 Å². The van der Waals surface area contributed by atoms with Crippen molar-refractivity contribution in [3.05, 3.63) is 30.1 Å². The molecule has 1 aromatic rings.